The minimum Gasteiger partial charge on any atom is -0.325 e. The van der Waals surface area contributed by atoms with Gasteiger partial charge in [0.05, 0.1) is 0 Å². The second kappa shape index (κ2) is 4.24. The van der Waals surface area contributed by atoms with Gasteiger partial charge in [-0.3, -0.25) is 4.98 Å². The van der Waals surface area contributed by atoms with E-state index in [4.69, 9.17) is 5.73 Å². The first kappa shape index (κ1) is 9.87. The Kier molecular flexibility index (Phi) is 2.79. The van der Waals surface area contributed by atoms with Crippen LogP contribution in [0.3, 0.4) is 0 Å². The summed E-state index contributed by atoms with van der Waals surface area (Å²) in [6.07, 6.45) is 0. The van der Waals surface area contributed by atoms with Gasteiger partial charge in [-0.2, -0.15) is 0 Å². The topological polar surface area (TPSA) is 38.9 Å². The predicted octanol–water partition coefficient (Wildman–Crippen LogP) is 2.32. The smallest absolute Gasteiger partial charge is 0.0433 e. The van der Waals surface area contributed by atoms with Gasteiger partial charge in [0, 0.05) is 12.2 Å². The number of benzene rings is 1. The summed E-state index contributed by atoms with van der Waals surface area (Å²) < 4.78 is 0. The number of aromatic nitrogens is 1. The number of rotatable bonds is 2. The van der Waals surface area contributed by atoms with Crippen LogP contribution < -0.4 is 5.73 Å². The van der Waals surface area contributed by atoms with E-state index < -0.39 is 0 Å². The third-order valence-electron chi connectivity index (χ3n) is 2.26. The van der Waals surface area contributed by atoms with Crippen molar-refractivity contribution < 1.29 is 0 Å². The van der Waals surface area contributed by atoms with Gasteiger partial charge in [-0.1, -0.05) is 19.1 Å². The van der Waals surface area contributed by atoms with Crippen LogP contribution >= 0.6 is 0 Å². The van der Waals surface area contributed by atoms with Crippen LogP contribution in [0.2, 0.25) is 0 Å². The molecule has 76 valence electrons. The van der Waals surface area contributed by atoms with Crippen molar-refractivity contribution >= 4 is 0 Å². The normalized spacial score (nSPS) is 10.3. The molecule has 0 saturated carbocycles. The second-order valence-electron chi connectivity index (χ2n) is 3.50. The SMILES string of the molecule is Cc1c[c-]c(-c2cccc(CN)n2)cc1. The zero-order valence-corrected chi connectivity index (χ0v) is 8.70. The van der Waals surface area contributed by atoms with Crippen LogP contribution in [0.1, 0.15) is 11.3 Å². The van der Waals surface area contributed by atoms with Gasteiger partial charge in [0.2, 0.25) is 0 Å². The molecular weight excluding hydrogens is 184 g/mol. The van der Waals surface area contributed by atoms with E-state index in [1.54, 1.807) is 0 Å². The lowest BCUT2D eigenvalue weighted by Crippen LogP contribution is -1.99. The van der Waals surface area contributed by atoms with E-state index in [0.717, 1.165) is 17.0 Å². The van der Waals surface area contributed by atoms with Crippen molar-refractivity contribution in [2.24, 2.45) is 5.73 Å². The second-order valence-corrected chi connectivity index (χ2v) is 3.50. The molecule has 0 atom stereocenters. The van der Waals surface area contributed by atoms with Crippen LogP contribution in [0, 0.1) is 13.0 Å². The maximum Gasteiger partial charge on any atom is 0.0433 e. The maximum atomic E-state index is 5.55. The lowest BCUT2D eigenvalue weighted by Gasteiger charge is -2.10. The molecule has 0 spiro atoms. The zero-order chi connectivity index (χ0) is 10.7. The molecule has 0 radical (unpaired) electrons. The van der Waals surface area contributed by atoms with Crippen molar-refractivity contribution in [1.29, 1.82) is 0 Å². The molecule has 0 fully saturated rings. The van der Waals surface area contributed by atoms with Crippen molar-refractivity contribution in [1.82, 2.24) is 4.98 Å². The average molecular weight is 197 g/mol. The highest BCUT2D eigenvalue weighted by atomic mass is 14.7. The van der Waals surface area contributed by atoms with E-state index in [0.29, 0.717) is 6.54 Å². The van der Waals surface area contributed by atoms with Crippen LogP contribution in [0.25, 0.3) is 11.3 Å². The molecule has 0 aliphatic rings. The lowest BCUT2D eigenvalue weighted by atomic mass is 10.1. The van der Waals surface area contributed by atoms with Crippen LogP contribution in [0.15, 0.2) is 36.4 Å². The first-order valence-corrected chi connectivity index (χ1v) is 4.94. The van der Waals surface area contributed by atoms with Gasteiger partial charge in [-0.25, -0.2) is 0 Å². The fraction of sp³-hybridized carbons (Fsp3) is 0.154. The lowest BCUT2D eigenvalue weighted by molar-refractivity contribution is 0.993. The molecule has 1 aromatic heterocycles. The van der Waals surface area contributed by atoms with Gasteiger partial charge in [-0.15, -0.1) is 35.4 Å². The number of aryl methyl sites for hydroxylation is 1. The third kappa shape index (κ3) is 2.22. The minimum absolute atomic E-state index is 0.472. The first-order chi connectivity index (χ1) is 7.29. The average Bonchev–Trinajstić information content (AvgIpc) is 2.30. The quantitative estimate of drug-likeness (QED) is 0.750. The summed E-state index contributed by atoms with van der Waals surface area (Å²) in [6.45, 7) is 2.52. The molecule has 0 amide bonds. The minimum atomic E-state index is 0.472. The largest absolute Gasteiger partial charge is 0.325 e. The Hall–Kier alpha value is -1.67. The monoisotopic (exact) mass is 197 g/mol. The molecule has 2 heteroatoms. The summed E-state index contributed by atoms with van der Waals surface area (Å²) in [4.78, 5) is 4.43. The molecule has 0 saturated heterocycles. The van der Waals surface area contributed by atoms with Crippen LogP contribution in [-0.2, 0) is 6.54 Å². The number of hydrogen-bond donors (Lipinski definition) is 1. The summed E-state index contributed by atoms with van der Waals surface area (Å²) in [5.41, 5.74) is 9.59. The van der Waals surface area contributed by atoms with Crippen LogP contribution in [0.4, 0.5) is 0 Å². The molecular formula is C13H13N2-. The molecule has 1 aromatic carbocycles. The molecule has 0 bridgehead atoms. The Balaban J connectivity index is 2.40. The van der Waals surface area contributed by atoms with Gasteiger partial charge in [-0.05, 0) is 11.8 Å². The summed E-state index contributed by atoms with van der Waals surface area (Å²) in [7, 11) is 0. The molecule has 15 heavy (non-hydrogen) atoms. The van der Waals surface area contributed by atoms with E-state index in [9.17, 15) is 0 Å². The summed E-state index contributed by atoms with van der Waals surface area (Å²) in [5, 5.41) is 0. The summed E-state index contributed by atoms with van der Waals surface area (Å²) in [6, 6.07) is 15.1. The van der Waals surface area contributed by atoms with Crippen molar-refractivity contribution in [3.05, 3.63) is 53.7 Å². The molecule has 2 aromatic rings. The highest BCUT2D eigenvalue weighted by Crippen LogP contribution is 2.16. The Labute approximate surface area is 89.8 Å². The van der Waals surface area contributed by atoms with E-state index in [2.05, 4.69) is 17.1 Å². The highest BCUT2D eigenvalue weighted by molar-refractivity contribution is 5.58. The zero-order valence-electron chi connectivity index (χ0n) is 8.70. The summed E-state index contributed by atoms with van der Waals surface area (Å²) >= 11 is 0. The molecule has 0 unspecified atom stereocenters. The standard InChI is InChI=1S/C13H13N2/c1-10-5-7-11(8-6-10)13-4-2-3-12(9-14)15-13/h2-7H,9,14H2,1H3/q-1. The van der Waals surface area contributed by atoms with Gasteiger partial charge >= 0.3 is 0 Å². The number of pyridine rings is 1. The van der Waals surface area contributed by atoms with Crippen molar-refractivity contribution in [2.45, 2.75) is 13.5 Å². The third-order valence-corrected chi connectivity index (χ3v) is 2.26. The molecule has 2 rings (SSSR count). The van der Waals surface area contributed by atoms with Crippen molar-refractivity contribution in [2.75, 3.05) is 0 Å². The van der Waals surface area contributed by atoms with Gasteiger partial charge in [0.15, 0.2) is 0 Å². The molecule has 2 N–H and O–H groups in total. The van der Waals surface area contributed by atoms with Gasteiger partial charge in [0.25, 0.3) is 0 Å². The maximum absolute atomic E-state index is 5.55. The molecule has 1 heterocycles. The van der Waals surface area contributed by atoms with Crippen molar-refractivity contribution in [3.63, 3.8) is 0 Å². The van der Waals surface area contributed by atoms with Crippen LogP contribution in [0.5, 0.6) is 0 Å². The number of nitrogens with two attached hydrogens (primary N) is 1. The Morgan fingerprint density at radius 1 is 1.27 bits per heavy atom. The Morgan fingerprint density at radius 3 is 2.80 bits per heavy atom. The van der Waals surface area contributed by atoms with Crippen molar-refractivity contribution in [3.8, 4) is 11.3 Å². The summed E-state index contributed by atoms with van der Waals surface area (Å²) in [5.74, 6) is 0. The highest BCUT2D eigenvalue weighted by Gasteiger charge is 1.92. The Morgan fingerprint density at radius 2 is 2.13 bits per heavy atom. The van der Waals surface area contributed by atoms with Gasteiger partial charge in [0.1, 0.15) is 0 Å². The fourth-order valence-corrected chi connectivity index (χ4v) is 1.41. The van der Waals surface area contributed by atoms with E-state index in [-0.39, 0.29) is 0 Å². The first-order valence-electron chi connectivity index (χ1n) is 4.94. The van der Waals surface area contributed by atoms with E-state index in [1.165, 1.54) is 5.56 Å². The van der Waals surface area contributed by atoms with E-state index >= 15 is 0 Å². The van der Waals surface area contributed by atoms with Gasteiger partial charge < -0.3 is 5.73 Å². The number of nitrogens with zero attached hydrogens (tertiary/aromatic N) is 1. The predicted molar refractivity (Wildman–Crippen MR) is 61.1 cm³/mol. The van der Waals surface area contributed by atoms with E-state index in [1.807, 2.05) is 37.3 Å². The Bertz CT molecular complexity index is 446. The van der Waals surface area contributed by atoms with Crippen LogP contribution in [-0.4, -0.2) is 4.98 Å². The number of hydrogen-bond acceptors (Lipinski definition) is 2. The molecule has 0 aliphatic heterocycles. The molecule has 0 aliphatic carbocycles. The fourth-order valence-electron chi connectivity index (χ4n) is 1.41. The molecule has 2 nitrogen and oxygen atoms in total.